The Morgan fingerprint density at radius 1 is 1.46 bits per heavy atom. The summed E-state index contributed by atoms with van der Waals surface area (Å²) in [5.74, 6) is -0.103. The Morgan fingerprint density at radius 3 is 2.85 bits per heavy atom. The Balaban J connectivity index is 2.26. The Kier molecular flexibility index (Phi) is 1.90. The monoisotopic (exact) mass is 178 g/mol. The van der Waals surface area contributed by atoms with E-state index in [0.717, 1.165) is 5.56 Å². The lowest BCUT2D eigenvalue weighted by Gasteiger charge is -2.11. The van der Waals surface area contributed by atoms with Crippen LogP contribution in [-0.4, -0.2) is 12.5 Å². The number of hydrogen-bond acceptors (Lipinski definition) is 3. The highest BCUT2D eigenvalue weighted by Crippen LogP contribution is 2.23. The smallest absolute Gasteiger partial charge is 0.248 e. The number of hydrogen-bond donors (Lipinski definition) is 2. The molecule has 2 rings (SSSR count). The number of carbonyl (C=O) groups is 1. The van der Waals surface area contributed by atoms with Crippen LogP contribution in [0.15, 0.2) is 24.3 Å². The van der Waals surface area contributed by atoms with E-state index in [1.54, 1.807) is 6.07 Å². The largest absolute Gasteiger partial charge is 0.398 e. The number of amides is 1. The number of ether oxygens (including phenoxy) is 1. The minimum absolute atomic E-state index is 0.103. The second kappa shape index (κ2) is 3.06. The van der Waals surface area contributed by atoms with E-state index in [-0.39, 0.29) is 18.7 Å². The SMILES string of the molecule is Nc1ccccc1C1NC(=O)CO1. The van der Waals surface area contributed by atoms with E-state index >= 15 is 0 Å². The molecule has 0 spiro atoms. The van der Waals surface area contributed by atoms with Crippen molar-refractivity contribution in [2.75, 3.05) is 12.3 Å². The molecule has 13 heavy (non-hydrogen) atoms. The van der Waals surface area contributed by atoms with Gasteiger partial charge in [0.15, 0.2) is 6.23 Å². The fraction of sp³-hybridized carbons (Fsp3) is 0.222. The van der Waals surface area contributed by atoms with E-state index in [1.165, 1.54) is 0 Å². The van der Waals surface area contributed by atoms with Crippen LogP contribution in [0.2, 0.25) is 0 Å². The Hall–Kier alpha value is -1.55. The van der Waals surface area contributed by atoms with Crippen molar-refractivity contribution in [1.82, 2.24) is 5.32 Å². The summed E-state index contributed by atoms with van der Waals surface area (Å²) in [6.45, 7) is 0.110. The van der Waals surface area contributed by atoms with E-state index in [4.69, 9.17) is 10.5 Å². The van der Waals surface area contributed by atoms with Crippen molar-refractivity contribution in [3.8, 4) is 0 Å². The van der Waals surface area contributed by atoms with Gasteiger partial charge in [-0.05, 0) is 6.07 Å². The lowest BCUT2D eigenvalue weighted by molar-refractivity contribution is -0.119. The highest BCUT2D eigenvalue weighted by atomic mass is 16.5. The lowest BCUT2D eigenvalue weighted by atomic mass is 10.1. The predicted octanol–water partition coefficient (Wildman–Crippen LogP) is 0.414. The number of nitrogens with one attached hydrogen (secondary N) is 1. The standard InChI is InChI=1S/C9H10N2O2/c10-7-4-2-1-3-6(7)9-11-8(12)5-13-9/h1-4,9H,5,10H2,(H,11,12). The van der Waals surface area contributed by atoms with Gasteiger partial charge < -0.3 is 15.8 Å². The lowest BCUT2D eigenvalue weighted by Crippen LogP contribution is -2.20. The van der Waals surface area contributed by atoms with Gasteiger partial charge in [-0.15, -0.1) is 0 Å². The summed E-state index contributed by atoms with van der Waals surface area (Å²) >= 11 is 0. The first-order chi connectivity index (χ1) is 6.27. The number of nitrogens with two attached hydrogens (primary N) is 1. The molecule has 1 aromatic carbocycles. The molecule has 0 saturated carbocycles. The number of carbonyl (C=O) groups excluding carboxylic acids is 1. The number of nitrogen functional groups attached to an aromatic ring is 1. The van der Waals surface area contributed by atoms with Crippen molar-refractivity contribution in [1.29, 1.82) is 0 Å². The quantitative estimate of drug-likeness (QED) is 0.612. The average molecular weight is 178 g/mol. The zero-order valence-corrected chi connectivity index (χ0v) is 6.99. The minimum atomic E-state index is -0.381. The molecule has 1 fully saturated rings. The molecule has 4 nitrogen and oxygen atoms in total. The van der Waals surface area contributed by atoms with Crippen LogP contribution in [0.1, 0.15) is 11.8 Å². The fourth-order valence-electron chi connectivity index (χ4n) is 1.31. The zero-order chi connectivity index (χ0) is 9.26. The third-order valence-corrected chi connectivity index (χ3v) is 1.95. The maximum absolute atomic E-state index is 10.9. The molecule has 4 heteroatoms. The second-order valence-electron chi connectivity index (χ2n) is 2.89. The average Bonchev–Trinajstić information content (AvgIpc) is 2.53. The Labute approximate surface area is 75.7 Å². The normalized spacial score (nSPS) is 21.5. The van der Waals surface area contributed by atoms with Crippen LogP contribution in [0.4, 0.5) is 5.69 Å². The van der Waals surface area contributed by atoms with Crippen LogP contribution >= 0.6 is 0 Å². The Bertz CT molecular complexity index is 338. The molecule has 1 heterocycles. The molecular formula is C9H10N2O2. The second-order valence-corrected chi connectivity index (χ2v) is 2.89. The van der Waals surface area contributed by atoms with Crippen molar-refractivity contribution in [2.24, 2.45) is 0 Å². The zero-order valence-electron chi connectivity index (χ0n) is 6.99. The molecule has 1 aromatic rings. The summed E-state index contributed by atoms with van der Waals surface area (Å²) in [5, 5.41) is 2.67. The van der Waals surface area contributed by atoms with Gasteiger partial charge in [-0.2, -0.15) is 0 Å². The van der Waals surface area contributed by atoms with Gasteiger partial charge in [-0.25, -0.2) is 0 Å². The van der Waals surface area contributed by atoms with Gasteiger partial charge in [-0.1, -0.05) is 18.2 Å². The maximum atomic E-state index is 10.9. The highest BCUT2D eigenvalue weighted by molar-refractivity contribution is 5.79. The van der Waals surface area contributed by atoms with Crippen molar-refractivity contribution < 1.29 is 9.53 Å². The molecule has 0 radical (unpaired) electrons. The van der Waals surface area contributed by atoms with Gasteiger partial charge in [0.1, 0.15) is 6.61 Å². The summed E-state index contributed by atoms with van der Waals surface area (Å²) < 4.78 is 5.19. The first kappa shape index (κ1) is 8.07. The predicted molar refractivity (Wildman–Crippen MR) is 47.7 cm³/mol. The number of benzene rings is 1. The van der Waals surface area contributed by atoms with Crippen LogP contribution in [0.5, 0.6) is 0 Å². The number of para-hydroxylation sites is 1. The minimum Gasteiger partial charge on any atom is -0.398 e. The van der Waals surface area contributed by atoms with E-state index in [1.807, 2.05) is 18.2 Å². The summed E-state index contributed by atoms with van der Waals surface area (Å²) in [4.78, 5) is 10.9. The molecule has 0 aromatic heterocycles. The molecule has 1 atom stereocenters. The molecule has 0 bridgehead atoms. The van der Waals surface area contributed by atoms with Gasteiger partial charge in [0.05, 0.1) is 0 Å². The van der Waals surface area contributed by atoms with Crippen LogP contribution < -0.4 is 11.1 Å². The molecule has 1 aliphatic heterocycles. The highest BCUT2D eigenvalue weighted by Gasteiger charge is 2.23. The molecule has 0 aliphatic carbocycles. The molecule has 1 aliphatic rings. The van der Waals surface area contributed by atoms with Crippen molar-refractivity contribution in [3.63, 3.8) is 0 Å². The van der Waals surface area contributed by atoms with E-state index in [2.05, 4.69) is 5.32 Å². The molecular weight excluding hydrogens is 168 g/mol. The van der Waals surface area contributed by atoms with Gasteiger partial charge in [0, 0.05) is 11.3 Å². The first-order valence-electron chi connectivity index (χ1n) is 4.03. The molecule has 1 amide bonds. The van der Waals surface area contributed by atoms with E-state index in [0.29, 0.717) is 5.69 Å². The third kappa shape index (κ3) is 1.48. The van der Waals surface area contributed by atoms with E-state index in [9.17, 15) is 4.79 Å². The summed E-state index contributed by atoms with van der Waals surface area (Å²) in [5.41, 5.74) is 7.16. The van der Waals surface area contributed by atoms with Crippen molar-refractivity contribution in [2.45, 2.75) is 6.23 Å². The van der Waals surface area contributed by atoms with Crippen LogP contribution in [0.25, 0.3) is 0 Å². The summed E-state index contributed by atoms with van der Waals surface area (Å²) in [7, 11) is 0. The molecule has 1 saturated heterocycles. The maximum Gasteiger partial charge on any atom is 0.248 e. The first-order valence-corrected chi connectivity index (χ1v) is 4.03. The van der Waals surface area contributed by atoms with Crippen LogP contribution in [-0.2, 0) is 9.53 Å². The topological polar surface area (TPSA) is 64.3 Å². The van der Waals surface area contributed by atoms with E-state index < -0.39 is 0 Å². The van der Waals surface area contributed by atoms with Crippen LogP contribution in [0, 0.1) is 0 Å². The van der Waals surface area contributed by atoms with Gasteiger partial charge in [-0.3, -0.25) is 4.79 Å². The summed E-state index contributed by atoms with van der Waals surface area (Å²) in [6.07, 6.45) is -0.381. The van der Waals surface area contributed by atoms with Crippen LogP contribution in [0.3, 0.4) is 0 Å². The summed E-state index contributed by atoms with van der Waals surface area (Å²) in [6, 6.07) is 7.32. The molecule has 1 unspecified atom stereocenters. The fourth-order valence-corrected chi connectivity index (χ4v) is 1.31. The van der Waals surface area contributed by atoms with Gasteiger partial charge in [0.2, 0.25) is 5.91 Å². The Morgan fingerprint density at radius 2 is 2.23 bits per heavy atom. The molecule has 68 valence electrons. The van der Waals surface area contributed by atoms with Gasteiger partial charge in [0.25, 0.3) is 0 Å². The van der Waals surface area contributed by atoms with Crippen molar-refractivity contribution >= 4 is 11.6 Å². The molecule has 3 N–H and O–H groups in total. The number of anilines is 1. The van der Waals surface area contributed by atoms with Crippen molar-refractivity contribution in [3.05, 3.63) is 29.8 Å². The number of rotatable bonds is 1. The van der Waals surface area contributed by atoms with Gasteiger partial charge >= 0.3 is 0 Å². The third-order valence-electron chi connectivity index (χ3n) is 1.95.